The second-order valence-electron chi connectivity index (χ2n) is 4.25. The molecular weight excluding hydrogens is 208 g/mol. The Morgan fingerprint density at radius 1 is 1.12 bits per heavy atom. The van der Waals surface area contributed by atoms with Gasteiger partial charge in [-0.2, -0.15) is 0 Å². The van der Waals surface area contributed by atoms with Crippen molar-refractivity contribution in [2.45, 2.75) is 40.0 Å². The van der Waals surface area contributed by atoms with Gasteiger partial charge in [-0.1, -0.05) is 27.2 Å². The van der Waals surface area contributed by atoms with Gasteiger partial charge in [0.1, 0.15) is 5.41 Å². The summed E-state index contributed by atoms with van der Waals surface area (Å²) < 4.78 is 0. The Hall–Kier alpha value is -1.39. The number of carbonyl (C=O) groups is 3. The van der Waals surface area contributed by atoms with Crippen molar-refractivity contribution in [1.82, 2.24) is 10.6 Å². The summed E-state index contributed by atoms with van der Waals surface area (Å²) in [6, 6.07) is -0.720. The fourth-order valence-electron chi connectivity index (χ4n) is 2.36. The molecule has 2 N–H and O–H groups in total. The average Bonchev–Trinajstić information content (AvgIpc) is 2.18. The lowest BCUT2D eigenvalue weighted by atomic mass is 9.70. The summed E-state index contributed by atoms with van der Waals surface area (Å²) in [7, 11) is 0. The van der Waals surface area contributed by atoms with Crippen LogP contribution in [-0.4, -0.2) is 17.8 Å². The smallest absolute Gasteiger partial charge is 0.277 e. The zero-order valence-electron chi connectivity index (χ0n) is 9.92. The monoisotopic (exact) mass is 226 g/mol. The quantitative estimate of drug-likeness (QED) is 0.707. The van der Waals surface area contributed by atoms with Crippen LogP contribution in [-0.2, 0) is 9.59 Å². The van der Waals surface area contributed by atoms with Crippen molar-refractivity contribution in [2.24, 2.45) is 11.3 Å². The van der Waals surface area contributed by atoms with Crippen LogP contribution in [0.25, 0.3) is 0 Å². The van der Waals surface area contributed by atoms with E-state index < -0.39 is 23.3 Å². The molecule has 90 valence electrons. The van der Waals surface area contributed by atoms with E-state index in [1.165, 1.54) is 0 Å². The highest BCUT2D eigenvalue weighted by molar-refractivity contribution is 6.19. The number of hydrogen-bond donors (Lipinski definition) is 2. The highest BCUT2D eigenvalue weighted by atomic mass is 16.2. The maximum absolute atomic E-state index is 11.9. The molecule has 4 amide bonds. The Kier molecular flexibility index (Phi) is 3.67. The lowest BCUT2D eigenvalue weighted by molar-refractivity contribution is -0.148. The Morgan fingerprint density at radius 3 is 2.00 bits per heavy atom. The number of urea groups is 1. The predicted molar refractivity (Wildman–Crippen MR) is 58.5 cm³/mol. The second-order valence-corrected chi connectivity index (χ2v) is 4.25. The Labute approximate surface area is 95.0 Å². The van der Waals surface area contributed by atoms with E-state index in [1.54, 1.807) is 6.92 Å². The predicted octanol–water partition coefficient (Wildman–Crippen LogP) is 1.18. The van der Waals surface area contributed by atoms with E-state index in [0.717, 1.165) is 12.8 Å². The number of nitrogens with one attached hydrogen (secondary N) is 2. The van der Waals surface area contributed by atoms with Crippen LogP contribution >= 0.6 is 0 Å². The summed E-state index contributed by atoms with van der Waals surface area (Å²) in [5.41, 5.74) is -1.09. The van der Waals surface area contributed by atoms with Crippen LogP contribution in [0.4, 0.5) is 4.79 Å². The molecule has 1 fully saturated rings. The minimum absolute atomic E-state index is 0.0735. The molecule has 1 aliphatic heterocycles. The second kappa shape index (κ2) is 4.63. The number of barbiturate groups is 1. The zero-order chi connectivity index (χ0) is 12.3. The van der Waals surface area contributed by atoms with Crippen LogP contribution in [0.1, 0.15) is 40.0 Å². The maximum Gasteiger partial charge on any atom is 0.328 e. The van der Waals surface area contributed by atoms with Gasteiger partial charge in [0.15, 0.2) is 0 Å². The molecule has 5 nitrogen and oxygen atoms in total. The fraction of sp³-hybridized carbons (Fsp3) is 0.727. The first-order valence-corrected chi connectivity index (χ1v) is 5.65. The fourth-order valence-corrected chi connectivity index (χ4v) is 2.36. The molecule has 0 saturated carbocycles. The molecule has 0 unspecified atom stereocenters. The summed E-state index contributed by atoms with van der Waals surface area (Å²) in [4.78, 5) is 34.8. The number of carbonyl (C=O) groups excluding carboxylic acids is 3. The van der Waals surface area contributed by atoms with Crippen molar-refractivity contribution in [1.29, 1.82) is 0 Å². The molecule has 0 spiro atoms. The van der Waals surface area contributed by atoms with Crippen molar-refractivity contribution in [3.05, 3.63) is 0 Å². The molecular formula is C11H18N2O3. The van der Waals surface area contributed by atoms with Gasteiger partial charge in [-0.25, -0.2) is 4.79 Å². The highest BCUT2D eigenvalue weighted by Gasteiger charge is 2.52. The van der Waals surface area contributed by atoms with Crippen LogP contribution in [0.5, 0.6) is 0 Å². The standard InChI is InChI=1S/C11H18N2O3/c1-4-6-7(3)11(5-2)8(14)12-10(16)13-9(11)15/h7H,4-6H2,1-3H3,(H2,12,13,14,15,16)/t7-/m0/s1. The normalized spacial score (nSPS) is 21.3. The van der Waals surface area contributed by atoms with Crippen LogP contribution in [0.15, 0.2) is 0 Å². The minimum Gasteiger partial charge on any atom is -0.277 e. The topological polar surface area (TPSA) is 75.3 Å². The number of amides is 4. The maximum atomic E-state index is 11.9. The Morgan fingerprint density at radius 2 is 1.62 bits per heavy atom. The molecule has 0 aromatic heterocycles. The SMILES string of the molecule is CCC[C@H](C)C1(CC)C(=O)NC(=O)NC1=O. The molecule has 1 heterocycles. The van der Waals surface area contributed by atoms with Gasteiger partial charge in [0.2, 0.25) is 11.8 Å². The van der Waals surface area contributed by atoms with Crippen LogP contribution < -0.4 is 10.6 Å². The summed E-state index contributed by atoms with van der Waals surface area (Å²) in [5, 5.41) is 4.36. The molecule has 5 heteroatoms. The zero-order valence-corrected chi connectivity index (χ0v) is 9.92. The first-order valence-electron chi connectivity index (χ1n) is 5.65. The molecule has 0 aromatic rings. The van der Waals surface area contributed by atoms with Gasteiger partial charge in [-0.15, -0.1) is 0 Å². The lowest BCUT2D eigenvalue weighted by Crippen LogP contribution is -2.64. The van der Waals surface area contributed by atoms with E-state index in [4.69, 9.17) is 0 Å². The van der Waals surface area contributed by atoms with Crippen LogP contribution in [0.2, 0.25) is 0 Å². The van der Waals surface area contributed by atoms with Gasteiger partial charge in [-0.05, 0) is 18.8 Å². The van der Waals surface area contributed by atoms with E-state index >= 15 is 0 Å². The van der Waals surface area contributed by atoms with Gasteiger partial charge in [0.05, 0.1) is 0 Å². The summed E-state index contributed by atoms with van der Waals surface area (Å²) >= 11 is 0. The lowest BCUT2D eigenvalue weighted by Gasteiger charge is -2.37. The number of hydrogen-bond acceptors (Lipinski definition) is 3. The summed E-state index contributed by atoms with van der Waals surface area (Å²) in [6.45, 7) is 5.67. The van der Waals surface area contributed by atoms with Crippen LogP contribution in [0, 0.1) is 11.3 Å². The summed E-state index contributed by atoms with van der Waals surface area (Å²) in [6.07, 6.45) is 2.08. The van der Waals surface area contributed by atoms with Crippen molar-refractivity contribution in [2.75, 3.05) is 0 Å². The molecule has 1 atom stereocenters. The molecule has 1 rings (SSSR count). The highest BCUT2D eigenvalue weighted by Crippen LogP contribution is 2.36. The van der Waals surface area contributed by atoms with Crippen molar-refractivity contribution < 1.29 is 14.4 Å². The number of imide groups is 2. The molecule has 1 aliphatic rings. The molecule has 0 bridgehead atoms. The van der Waals surface area contributed by atoms with E-state index in [2.05, 4.69) is 10.6 Å². The Bertz CT molecular complexity index is 305. The number of rotatable bonds is 4. The summed E-state index contributed by atoms with van der Waals surface area (Å²) in [5.74, 6) is -1.01. The molecule has 16 heavy (non-hydrogen) atoms. The first-order chi connectivity index (χ1) is 7.48. The third-order valence-corrected chi connectivity index (χ3v) is 3.39. The van der Waals surface area contributed by atoms with Gasteiger partial charge in [0, 0.05) is 0 Å². The van der Waals surface area contributed by atoms with E-state index in [-0.39, 0.29) is 5.92 Å². The average molecular weight is 226 g/mol. The third-order valence-electron chi connectivity index (χ3n) is 3.39. The molecule has 0 aliphatic carbocycles. The third kappa shape index (κ3) is 1.81. The minimum atomic E-state index is -1.09. The van der Waals surface area contributed by atoms with Gasteiger partial charge in [0.25, 0.3) is 0 Å². The van der Waals surface area contributed by atoms with Crippen molar-refractivity contribution in [3.8, 4) is 0 Å². The van der Waals surface area contributed by atoms with Gasteiger partial charge in [-0.3, -0.25) is 20.2 Å². The largest absolute Gasteiger partial charge is 0.328 e. The van der Waals surface area contributed by atoms with E-state index in [1.807, 2.05) is 13.8 Å². The van der Waals surface area contributed by atoms with Crippen molar-refractivity contribution in [3.63, 3.8) is 0 Å². The van der Waals surface area contributed by atoms with E-state index in [9.17, 15) is 14.4 Å². The van der Waals surface area contributed by atoms with Crippen molar-refractivity contribution >= 4 is 17.8 Å². The Balaban J connectivity index is 3.05. The molecule has 0 radical (unpaired) electrons. The first kappa shape index (κ1) is 12.7. The van der Waals surface area contributed by atoms with Gasteiger partial charge >= 0.3 is 6.03 Å². The molecule has 0 aromatic carbocycles. The van der Waals surface area contributed by atoms with E-state index in [0.29, 0.717) is 6.42 Å². The van der Waals surface area contributed by atoms with Gasteiger partial charge < -0.3 is 0 Å². The molecule has 1 saturated heterocycles. The van der Waals surface area contributed by atoms with Crippen LogP contribution in [0.3, 0.4) is 0 Å².